The third kappa shape index (κ3) is 3.65. The second-order valence-corrected chi connectivity index (χ2v) is 4.82. The van der Waals surface area contributed by atoms with Crippen molar-refractivity contribution in [1.29, 1.82) is 0 Å². The summed E-state index contributed by atoms with van der Waals surface area (Å²) in [5.41, 5.74) is 0. The van der Waals surface area contributed by atoms with Crippen molar-refractivity contribution in [3.05, 3.63) is 0 Å². The summed E-state index contributed by atoms with van der Waals surface area (Å²) in [6, 6.07) is 0.879. The normalized spacial score (nSPS) is 26.7. The van der Waals surface area contributed by atoms with Crippen molar-refractivity contribution in [2.24, 2.45) is 0 Å². The Balaban J connectivity index is 2.41. The van der Waals surface area contributed by atoms with Crippen LogP contribution in [0.5, 0.6) is 0 Å². The Morgan fingerprint density at radius 3 is 2.86 bits per heavy atom. The monoisotopic (exact) mass is 219 g/mol. The molecule has 1 aliphatic rings. The Morgan fingerprint density at radius 2 is 2.29 bits per heavy atom. The van der Waals surface area contributed by atoms with E-state index in [-0.39, 0.29) is 0 Å². The summed E-state index contributed by atoms with van der Waals surface area (Å²) in [6.07, 6.45) is 3.54. The van der Waals surface area contributed by atoms with E-state index in [0.717, 1.165) is 13.0 Å². The zero-order chi connectivity index (χ0) is 10.6. The van der Waals surface area contributed by atoms with Crippen molar-refractivity contribution >= 4 is 11.3 Å². The van der Waals surface area contributed by atoms with Crippen LogP contribution >= 0.6 is 0 Å². The molecule has 0 bridgehead atoms. The Morgan fingerprint density at radius 1 is 1.57 bits per heavy atom. The van der Waals surface area contributed by atoms with Crippen LogP contribution < -0.4 is 4.72 Å². The molecule has 1 saturated heterocycles. The van der Waals surface area contributed by atoms with E-state index in [2.05, 4.69) is 23.5 Å². The molecule has 1 aliphatic heterocycles. The van der Waals surface area contributed by atoms with E-state index < -0.39 is 11.3 Å². The summed E-state index contributed by atoms with van der Waals surface area (Å²) in [5.74, 6) is 0. The fraction of sp³-hybridized carbons (Fsp3) is 1.00. The van der Waals surface area contributed by atoms with Crippen molar-refractivity contribution in [3.8, 4) is 0 Å². The summed E-state index contributed by atoms with van der Waals surface area (Å²) in [6.45, 7) is 5.96. The van der Waals surface area contributed by atoms with Crippen LogP contribution in [0.2, 0.25) is 0 Å². The SMILES string of the molecule is CC(C)N1CCCCC1CNS(=O)[O-]. The molecule has 2 unspecified atom stereocenters. The molecular formula is C9H19N2O2S-. The van der Waals surface area contributed by atoms with Gasteiger partial charge in [0.25, 0.3) is 0 Å². The van der Waals surface area contributed by atoms with Crippen LogP contribution in [0.1, 0.15) is 33.1 Å². The summed E-state index contributed by atoms with van der Waals surface area (Å²) in [7, 11) is 0. The lowest BCUT2D eigenvalue weighted by atomic mass is 10.0. The minimum atomic E-state index is -2.12. The molecule has 1 N–H and O–H groups in total. The smallest absolute Gasteiger partial charge is 0.0233 e. The first-order valence-electron chi connectivity index (χ1n) is 5.19. The highest BCUT2D eigenvalue weighted by Crippen LogP contribution is 2.18. The van der Waals surface area contributed by atoms with Crippen molar-refractivity contribution in [2.45, 2.75) is 45.2 Å². The van der Waals surface area contributed by atoms with E-state index in [1.54, 1.807) is 0 Å². The van der Waals surface area contributed by atoms with E-state index in [9.17, 15) is 8.76 Å². The van der Waals surface area contributed by atoms with Gasteiger partial charge < -0.3 is 4.55 Å². The van der Waals surface area contributed by atoms with Gasteiger partial charge in [-0.3, -0.25) is 9.11 Å². The Labute approximate surface area is 88.5 Å². The van der Waals surface area contributed by atoms with Crippen molar-refractivity contribution in [1.82, 2.24) is 9.62 Å². The second kappa shape index (κ2) is 5.80. The lowest BCUT2D eigenvalue weighted by Crippen LogP contribution is -2.48. The number of piperidine rings is 1. The van der Waals surface area contributed by atoms with Gasteiger partial charge in [0, 0.05) is 29.9 Å². The molecule has 0 aromatic heterocycles. The third-order valence-corrected chi connectivity index (χ3v) is 3.18. The highest BCUT2D eigenvalue weighted by atomic mass is 32.2. The van der Waals surface area contributed by atoms with E-state index in [0.29, 0.717) is 18.6 Å². The van der Waals surface area contributed by atoms with Gasteiger partial charge in [-0.15, -0.1) is 0 Å². The zero-order valence-corrected chi connectivity index (χ0v) is 9.68. The van der Waals surface area contributed by atoms with Crippen molar-refractivity contribution in [2.75, 3.05) is 13.1 Å². The molecule has 0 amide bonds. The summed E-state index contributed by atoms with van der Waals surface area (Å²) < 4.78 is 23.3. The summed E-state index contributed by atoms with van der Waals surface area (Å²) in [5, 5.41) is 0. The minimum Gasteiger partial charge on any atom is -0.760 e. The standard InChI is InChI=1S/C9H20N2O2S/c1-8(2)11-6-4-3-5-9(11)7-10-14(12)13/h8-10H,3-7H2,1-2H3,(H,12,13)/p-1. The molecule has 5 heteroatoms. The van der Waals surface area contributed by atoms with Gasteiger partial charge >= 0.3 is 0 Å². The molecular weight excluding hydrogens is 200 g/mol. The number of likely N-dealkylation sites (tertiary alicyclic amines) is 1. The molecule has 4 nitrogen and oxygen atoms in total. The maximum Gasteiger partial charge on any atom is 0.0233 e. The third-order valence-electron chi connectivity index (χ3n) is 2.77. The Hall–Kier alpha value is 0.0300. The van der Waals surface area contributed by atoms with Crippen LogP contribution in [-0.2, 0) is 11.3 Å². The molecule has 1 rings (SSSR count). The van der Waals surface area contributed by atoms with Crippen LogP contribution in [0, 0.1) is 0 Å². The molecule has 1 heterocycles. The molecule has 1 fully saturated rings. The molecule has 2 atom stereocenters. The van der Waals surface area contributed by atoms with Gasteiger partial charge in [0.05, 0.1) is 0 Å². The lowest BCUT2D eigenvalue weighted by molar-refractivity contribution is 0.114. The zero-order valence-electron chi connectivity index (χ0n) is 8.86. The Bertz CT molecular complexity index is 199. The van der Waals surface area contributed by atoms with E-state index in [1.165, 1.54) is 12.8 Å². The molecule has 0 aliphatic carbocycles. The molecule has 14 heavy (non-hydrogen) atoms. The maximum atomic E-state index is 10.4. The van der Waals surface area contributed by atoms with E-state index in [1.807, 2.05) is 0 Å². The number of hydrogen-bond donors (Lipinski definition) is 1. The average molecular weight is 219 g/mol. The van der Waals surface area contributed by atoms with Crippen molar-refractivity contribution < 1.29 is 8.76 Å². The first kappa shape index (κ1) is 12.1. The predicted molar refractivity (Wildman–Crippen MR) is 56.4 cm³/mol. The quantitative estimate of drug-likeness (QED) is 0.706. The first-order chi connectivity index (χ1) is 6.61. The molecule has 0 spiro atoms. The van der Waals surface area contributed by atoms with Crippen LogP contribution in [0.25, 0.3) is 0 Å². The first-order valence-corrected chi connectivity index (χ1v) is 6.27. The highest BCUT2D eigenvalue weighted by molar-refractivity contribution is 7.77. The average Bonchev–Trinajstić information content (AvgIpc) is 2.15. The second-order valence-electron chi connectivity index (χ2n) is 4.06. The van der Waals surface area contributed by atoms with E-state index in [4.69, 9.17) is 0 Å². The van der Waals surface area contributed by atoms with Gasteiger partial charge in [-0.05, 0) is 33.2 Å². The van der Waals surface area contributed by atoms with Gasteiger partial charge in [0.1, 0.15) is 0 Å². The molecule has 0 aromatic carbocycles. The number of hydrogen-bond acceptors (Lipinski definition) is 3. The fourth-order valence-corrected chi connectivity index (χ4v) is 2.41. The predicted octanol–water partition coefficient (Wildman–Crippen LogP) is 0.633. The van der Waals surface area contributed by atoms with Gasteiger partial charge in [-0.2, -0.15) is 0 Å². The van der Waals surface area contributed by atoms with Crippen LogP contribution in [-0.4, -0.2) is 38.8 Å². The summed E-state index contributed by atoms with van der Waals surface area (Å²) >= 11 is -2.12. The molecule has 0 radical (unpaired) electrons. The van der Waals surface area contributed by atoms with Crippen LogP contribution in [0.15, 0.2) is 0 Å². The maximum absolute atomic E-state index is 10.4. The van der Waals surface area contributed by atoms with Gasteiger partial charge in [0.15, 0.2) is 0 Å². The number of nitrogens with one attached hydrogen (secondary N) is 1. The van der Waals surface area contributed by atoms with Crippen LogP contribution in [0.3, 0.4) is 0 Å². The van der Waals surface area contributed by atoms with Crippen molar-refractivity contribution in [3.63, 3.8) is 0 Å². The summed E-state index contributed by atoms with van der Waals surface area (Å²) in [4.78, 5) is 2.38. The molecule has 0 saturated carbocycles. The van der Waals surface area contributed by atoms with Gasteiger partial charge in [-0.1, -0.05) is 6.42 Å². The Kier molecular flexibility index (Phi) is 5.01. The fourth-order valence-electron chi connectivity index (χ4n) is 2.09. The van der Waals surface area contributed by atoms with Gasteiger partial charge in [-0.25, -0.2) is 4.72 Å². The number of nitrogens with zero attached hydrogens (tertiary/aromatic N) is 1. The lowest BCUT2D eigenvalue weighted by Gasteiger charge is -2.38. The molecule has 0 aromatic rings. The van der Waals surface area contributed by atoms with Crippen LogP contribution in [0.4, 0.5) is 0 Å². The minimum absolute atomic E-state index is 0.377. The van der Waals surface area contributed by atoms with Gasteiger partial charge in [0.2, 0.25) is 0 Å². The largest absolute Gasteiger partial charge is 0.760 e. The highest BCUT2D eigenvalue weighted by Gasteiger charge is 2.23. The topological polar surface area (TPSA) is 55.4 Å². The molecule has 84 valence electrons. The van der Waals surface area contributed by atoms with E-state index >= 15 is 0 Å². The number of rotatable bonds is 4.